The first kappa shape index (κ1) is 11.8. The molecule has 0 aliphatic carbocycles. The summed E-state index contributed by atoms with van der Waals surface area (Å²) >= 11 is 11.4. The SMILES string of the molecule is CCOC(=O)C#Cc1ncc(Cl)cc1Cl. The van der Waals surface area contributed by atoms with Crippen LogP contribution in [0.15, 0.2) is 12.3 Å². The van der Waals surface area contributed by atoms with Crippen LogP contribution in [0.2, 0.25) is 10.0 Å². The van der Waals surface area contributed by atoms with Crippen molar-refractivity contribution < 1.29 is 9.53 Å². The Bertz CT molecular complexity index is 435. The molecule has 1 aromatic rings. The maximum atomic E-state index is 10.9. The van der Waals surface area contributed by atoms with E-state index in [9.17, 15) is 4.79 Å². The summed E-state index contributed by atoms with van der Waals surface area (Å²) in [7, 11) is 0. The van der Waals surface area contributed by atoms with Crippen molar-refractivity contribution in [3.05, 3.63) is 28.0 Å². The summed E-state index contributed by atoms with van der Waals surface area (Å²) in [5.41, 5.74) is 0.300. The van der Waals surface area contributed by atoms with Crippen LogP contribution in [0.5, 0.6) is 0 Å². The van der Waals surface area contributed by atoms with Crippen LogP contribution in [0.1, 0.15) is 12.6 Å². The Balaban J connectivity index is 2.84. The van der Waals surface area contributed by atoms with E-state index in [1.807, 2.05) is 0 Å². The van der Waals surface area contributed by atoms with Gasteiger partial charge in [-0.25, -0.2) is 9.78 Å². The van der Waals surface area contributed by atoms with E-state index >= 15 is 0 Å². The third-order valence-corrected chi connectivity index (χ3v) is 1.86. The van der Waals surface area contributed by atoms with Gasteiger partial charge in [0, 0.05) is 12.1 Å². The van der Waals surface area contributed by atoms with Gasteiger partial charge in [0.2, 0.25) is 0 Å². The van der Waals surface area contributed by atoms with Crippen molar-refractivity contribution in [1.29, 1.82) is 0 Å². The molecule has 5 heteroatoms. The number of esters is 1. The predicted octanol–water partition coefficient (Wildman–Crippen LogP) is 2.30. The van der Waals surface area contributed by atoms with Crippen LogP contribution in [0.3, 0.4) is 0 Å². The molecule has 0 aliphatic heterocycles. The first-order valence-electron chi connectivity index (χ1n) is 4.13. The summed E-state index contributed by atoms with van der Waals surface area (Å²) in [5.74, 6) is 4.15. The molecule has 0 radical (unpaired) electrons. The molecule has 0 unspecified atom stereocenters. The number of pyridine rings is 1. The smallest absolute Gasteiger partial charge is 0.384 e. The summed E-state index contributed by atoms with van der Waals surface area (Å²) in [6, 6.07) is 1.51. The molecule has 0 amide bonds. The number of hydrogen-bond acceptors (Lipinski definition) is 3. The molecular formula is C10H7Cl2NO2. The number of rotatable bonds is 1. The highest BCUT2D eigenvalue weighted by atomic mass is 35.5. The van der Waals surface area contributed by atoms with Gasteiger partial charge in [0.15, 0.2) is 0 Å². The first-order chi connectivity index (χ1) is 7.13. The van der Waals surface area contributed by atoms with E-state index < -0.39 is 5.97 Å². The lowest BCUT2D eigenvalue weighted by Crippen LogP contribution is -1.99. The van der Waals surface area contributed by atoms with E-state index in [0.717, 1.165) is 0 Å². The third kappa shape index (κ3) is 3.78. The lowest BCUT2D eigenvalue weighted by Gasteiger charge is -1.95. The van der Waals surface area contributed by atoms with Gasteiger partial charge in [0.1, 0.15) is 5.69 Å². The fourth-order valence-electron chi connectivity index (χ4n) is 0.784. The average Bonchev–Trinajstić information content (AvgIpc) is 2.17. The van der Waals surface area contributed by atoms with Crippen LogP contribution in [-0.4, -0.2) is 17.6 Å². The van der Waals surface area contributed by atoms with Gasteiger partial charge in [-0.2, -0.15) is 0 Å². The Morgan fingerprint density at radius 3 is 2.93 bits per heavy atom. The molecule has 0 saturated carbocycles. The fraction of sp³-hybridized carbons (Fsp3) is 0.200. The molecule has 1 aromatic heterocycles. The zero-order valence-corrected chi connectivity index (χ0v) is 9.39. The van der Waals surface area contributed by atoms with Crippen LogP contribution in [0.4, 0.5) is 0 Å². The van der Waals surface area contributed by atoms with E-state index in [-0.39, 0.29) is 6.61 Å². The van der Waals surface area contributed by atoms with Crippen LogP contribution in [0.25, 0.3) is 0 Å². The molecule has 0 bridgehead atoms. The highest BCUT2D eigenvalue weighted by Gasteiger charge is 2.00. The Kier molecular flexibility index (Phi) is 4.41. The minimum atomic E-state index is -0.606. The van der Waals surface area contributed by atoms with Gasteiger partial charge in [0.25, 0.3) is 0 Å². The average molecular weight is 244 g/mol. The lowest BCUT2D eigenvalue weighted by molar-refractivity contribution is -0.136. The number of carbonyl (C=O) groups excluding carboxylic acids is 1. The fourth-order valence-corrected chi connectivity index (χ4v) is 1.21. The van der Waals surface area contributed by atoms with Gasteiger partial charge in [-0.05, 0) is 18.9 Å². The van der Waals surface area contributed by atoms with Crippen LogP contribution >= 0.6 is 23.2 Å². The molecule has 0 aliphatic rings. The Labute approximate surface area is 97.4 Å². The molecule has 0 atom stereocenters. The van der Waals surface area contributed by atoms with Gasteiger partial charge in [0.05, 0.1) is 16.7 Å². The van der Waals surface area contributed by atoms with Crippen molar-refractivity contribution in [2.45, 2.75) is 6.92 Å². The summed E-state index contributed by atoms with van der Waals surface area (Å²) in [4.78, 5) is 14.8. The van der Waals surface area contributed by atoms with Gasteiger partial charge in [-0.15, -0.1) is 0 Å². The first-order valence-corrected chi connectivity index (χ1v) is 4.89. The van der Waals surface area contributed by atoms with E-state index in [2.05, 4.69) is 21.6 Å². The number of carbonyl (C=O) groups is 1. The number of nitrogens with zero attached hydrogens (tertiary/aromatic N) is 1. The zero-order valence-electron chi connectivity index (χ0n) is 7.88. The van der Waals surface area contributed by atoms with Gasteiger partial charge >= 0.3 is 5.97 Å². The van der Waals surface area contributed by atoms with Gasteiger partial charge in [-0.3, -0.25) is 0 Å². The second kappa shape index (κ2) is 5.59. The monoisotopic (exact) mass is 243 g/mol. The van der Waals surface area contributed by atoms with Gasteiger partial charge < -0.3 is 4.74 Å². The van der Waals surface area contributed by atoms with Crippen molar-refractivity contribution >= 4 is 29.2 Å². The lowest BCUT2D eigenvalue weighted by atomic mass is 10.3. The minimum Gasteiger partial charge on any atom is -0.456 e. The molecule has 0 N–H and O–H groups in total. The molecule has 78 valence electrons. The topological polar surface area (TPSA) is 39.2 Å². The molecule has 0 spiro atoms. The second-order valence-electron chi connectivity index (χ2n) is 2.45. The summed E-state index contributed by atoms with van der Waals surface area (Å²) < 4.78 is 4.62. The van der Waals surface area contributed by atoms with E-state index in [4.69, 9.17) is 23.2 Å². The molecule has 0 fully saturated rings. The highest BCUT2D eigenvalue weighted by Crippen LogP contribution is 2.17. The molecule has 0 aromatic carbocycles. The Hall–Kier alpha value is -1.24. The van der Waals surface area contributed by atoms with E-state index in [1.54, 1.807) is 6.92 Å². The Morgan fingerprint density at radius 2 is 2.33 bits per heavy atom. The van der Waals surface area contributed by atoms with Crippen LogP contribution in [0, 0.1) is 11.8 Å². The van der Waals surface area contributed by atoms with Crippen LogP contribution < -0.4 is 0 Å². The Morgan fingerprint density at radius 1 is 1.60 bits per heavy atom. The molecule has 1 heterocycles. The minimum absolute atomic E-state index is 0.287. The van der Waals surface area contributed by atoms with Crippen molar-refractivity contribution in [2.24, 2.45) is 0 Å². The number of ether oxygens (including phenoxy) is 1. The predicted molar refractivity (Wildman–Crippen MR) is 57.8 cm³/mol. The van der Waals surface area contributed by atoms with E-state index in [1.165, 1.54) is 12.3 Å². The number of hydrogen-bond donors (Lipinski definition) is 0. The number of halogens is 2. The highest BCUT2D eigenvalue weighted by molar-refractivity contribution is 6.35. The quantitative estimate of drug-likeness (QED) is 0.562. The van der Waals surface area contributed by atoms with Crippen molar-refractivity contribution in [2.75, 3.05) is 6.61 Å². The standard InChI is InChI=1S/C10H7Cl2NO2/c1-2-15-10(14)4-3-9-8(12)5-7(11)6-13-9/h5-6H,2H2,1H3. The second-order valence-corrected chi connectivity index (χ2v) is 3.30. The molecule has 1 rings (SSSR count). The summed E-state index contributed by atoms with van der Waals surface area (Å²) in [6.45, 7) is 1.99. The molecule has 0 saturated heterocycles. The zero-order chi connectivity index (χ0) is 11.3. The van der Waals surface area contributed by atoms with Crippen LogP contribution in [-0.2, 0) is 9.53 Å². The molecule has 15 heavy (non-hydrogen) atoms. The third-order valence-electron chi connectivity index (χ3n) is 1.37. The molecular weight excluding hydrogens is 237 g/mol. The van der Waals surface area contributed by atoms with Crippen molar-refractivity contribution in [3.63, 3.8) is 0 Å². The summed E-state index contributed by atoms with van der Waals surface area (Å²) in [6.07, 6.45) is 1.41. The van der Waals surface area contributed by atoms with E-state index in [0.29, 0.717) is 15.7 Å². The summed E-state index contributed by atoms with van der Waals surface area (Å²) in [5, 5.41) is 0.723. The maximum Gasteiger partial charge on any atom is 0.384 e. The van der Waals surface area contributed by atoms with Crippen molar-refractivity contribution in [3.8, 4) is 11.8 Å². The van der Waals surface area contributed by atoms with Crippen molar-refractivity contribution in [1.82, 2.24) is 4.98 Å². The number of aromatic nitrogens is 1. The maximum absolute atomic E-state index is 10.9. The normalized spacial score (nSPS) is 9.00. The van der Waals surface area contributed by atoms with Gasteiger partial charge in [-0.1, -0.05) is 23.2 Å². The molecule has 3 nitrogen and oxygen atoms in total. The largest absolute Gasteiger partial charge is 0.456 e.